The van der Waals surface area contributed by atoms with Gasteiger partial charge in [-0.3, -0.25) is 0 Å². The Labute approximate surface area is 125 Å². The minimum atomic E-state index is 0.220. The van der Waals surface area contributed by atoms with Crippen molar-refractivity contribution in [2.24, 2.45) is 0 Å². The quantitative estimate of drug-likeness (QED) is 0.779. The van der Waals surface area contributed by atoms with E-state index in [2.05, 4.69) is 82.2 Å². The predicted octanol–water partition coefficient (Wildman–Crippen LogP) is 3.67. The molecular weight excluding hydrogens is 244 g/mol. The van der Waals surface area contributed by atoms with Gasteiger partial charge in [-0.2, -0.15) is 0 Å². The highest BCUT2D eigenvalue weighted by Gasteiger charge is 2.22. The third kappa shape index (κ3) is 5.64. The highest BCUT2D eigenvalue weighted by Crippen LogP contribution is 2.27. The van der Waals surface area contributed by atoms with E-state index in [0.717, 1.165) is 19.5 Å². The van der Waals surface area contributed by atoms with Crippen LogP contribution in [0.5, 0.6) is 0 Å². The van der Waals surface area contributed by atoms with Crippen LogP contribution in [0.15, 0.2) is 30.3 Å². The van der Waals surface area contributed by atoms with Crippen molar-refractivity contribution in [3.63, 3.8) is 0 Å². The molecule has 0 fully saturated rings. The molecule has 0 amide bonds. The molecule has 0 aliphatic rings. The van der Waals surface area contributed by atoms with Crippen LogP contribution in [0.4, 0.5) is 0 Å². The molecule has 0 aromatic heterocycles. The summed E-state index contributed by atoms with van der Waals surface area (Å²) in [4.78, 5) is 2.38. The van der Waals surface area contributed by atoms with E-state index in [4.69, 9.17) is 0 Å². The molecular formula is C18H32N2. The van der Waals surface area contributed by atoms with Crippen molar-refractivity contribution in [2.75, 3.05) is 20.1 Å². The maximum atomic E-state index is 3.65. The number of hydrogen-bond donors (Lipinski definition) is 1. The molecule has 1 atom stereocenters. The Kier molecular flexibility index (Phi) is 6.70. The van der Waals surface area contributed by atoms with Crippen molar-refractivity contribution in [3.05, 3.63) is 35.9 Å². The average molecular weight is 276 g/mol. The summed E-state index contributed by atoms with van der Waals surface area (Å²) in [6, 6.07) is 12.0. The normalized spacial score (nSPS) is 14.0. The molecule has 0 radical (unpaired) electrons. The van der Waals surface area contributed by atoms with Gasteiger partial charge in [-0.1, -0.05) is 44.2 Å². The van der Waals surface area contributed by atoms with Crippen molar-refractivity contribution in [2.45, 2.75) is 58.5 Å². The highest BCUT2D eigenvalue weighted by molar-refractivity contribution is 5.23. The molecule has 2 heteroatoms. The minimum absolute atomic E-state index is 0.220. The molecule has 1 unspecified atom stereocenters. The van der Waals surface area contributed by atoms with Crippen molar-refractivity contribution in [3.8, 4) is 0 Å². The van der Waals surface area contributed by atoms with Gasteiger partial charge < -0.3 is 10.2 Å². The maximum absolute atomic E-state index is 3.65. The van der Waals surface area contributed by atoms with Crippen molar-refractivity contribution in [1.29, 1.82) is 0 Å². The average Bonchev–Trinajstić information content (AvgIpc) is 2.39. The van der Waals surface area contributed by atoms with E-state index in [1.165, 1.54) is 5.56 Å². The molecule has 0 saturated heterocycles. The minimum Gasteiger partial charge on any atom is -0.313 e. The lowest BCUT2D eigenvalue weighted by molar-refractivity contribution is 0.265. The van der Waals surface area contributed by atoms with Crippen molar-refractivity contribution < 1.29 is 0 Å². The summed E-state index contributed by atoms with van der Waals surface area (Å²) in [5.41, 5.74) is 1.64. The summed E-state index contributed by atoms with van der Waals surface area (Å²) in [6.45, 7) is 13.6. The van der Waals surface area contributed by atoms with Gasteiger partial charge in [0.05, 0.1) is 0 Å². The first-order valence-electron chi connectivity index (χ1n) is 7.82. The molecule has 0 saturated carbocycles. The fourth-order valence-corrected chi connectivity index (χ4v) is 2.59. The van der Waals surface area contributed by atoms with E-state index >= 15 is 0 Å². The fourth-order valence-electron chi connectivity index (χ4n) is 2.59. The van der Waals surface area contributed by atoms with E-state index < -0.39 is 0 Å². The second kappa shape index (κ2) is 7.80. The Balaban J connectivity index is 2.40. The number of nitrogens with zero attached hydrogens (tertiary/aromatic N) is 1. The lowest BCUT2D eigenvalue weighted by atomic mass is 9.79. The van der Waals surface area contributed by atoms with Gasteiger partial charge in [0.1, 0.15) is 0 Å². The summed E-state index contributed by atoms with van der Waals surface area (Å²) < 4.78 is 0. The summed E-state index contributed by atoms with van der Waals surface area (Å²) in [7, 11) is 2.19. The molecule has 1 aromatic carbocycles. The first kappa shape index (κ1) is 17.2. The smallest absolute Gasteiger partial charge is 0.0107 e. The molecule has 0 aliphatic heterocycles. The van der Waals surface area contributed by atoms with Crippen LogP contribution in [0, 0.1) is 0 Å². The standard InChI is InChI=1S/C18H32N2/c1-15(2)20(6)13-12-19-16(3)14-18(4,5)17-10-8-7-9-11-17/h7-11,15-16,19H,12-14H2,1-6H3. The van der Waals surface area contributed by atoms with E-state index in [1.807, 2.05) is 0 Å². The zero-order valence-corrected chi connectivity index (χ0v) is 14.1. The Morgan fingerprint density at radius 2 is 1.70 bits per heavy atom. The Bertz CT molecular complexity index is 370. The van der Waals surface area contributed by atoms with E-state index in [-0.39, 0.29) is 5.41 Å². The van der Waals surface area contributed by atoms with E-state index in [9.17, 15) is 0 Å². The van der Waals surface area contributed by atoms with Gasteiger partial charge in [-0.05, 0) is 45.2 Å². The van der Waals surface area contributed by atoms with Gasteiger partial charge in [0.15, 0.2) is 0 Å². The topological polar surface area (TPSA) is 15.3 Å². The lowest BCUT2D eigenvalue weighted by Gasteiger charge is -2.30. The van der Waals surface area contributed by atoms with Crippen molar-refractivity contribution >= 4 is 0 Å². The molecule has 1 N–H and O–H groups in total. The van der Waals surface area contributed by atoms with Gasteiger partial charge in [-0.15, -0.1) is 0 Å². The molecule has 0 spiro atoms. The lowest BCUT2D eigenvalue weighted by Crippen LogP contribution is -2.39. The largest absolute Gasteiger partial charge is 0.313 e. The van der Waals surface area contributed by atoms with Gasteiger partial charge in [0, 0.05) is 25.2 Å². The van der Waals surface area contributed by atoms with Crippen LogP contribution in [-0.2, 0) is 5.41 Å². The van der Waals surface area contributed by atoms with Crippen molar-refractivity contribution in [1.82, 2.24) is 10.2 Å². The van der Waals surface area contributed by atoms with Crippen LogP contribution in [0.3, 0.4) is 0 Å². The second-order valence-corrected chi connectivity index (χ2v) is 6.88. The fraction of sp³-hybridized carbons (Fsp3) is 0.667. The SMILES string of the molecule is CC(CC(C)(C)c1ccccc1)NCCN(C)C(C)C. The Morgan fingerprint density at radius 1 is 1.10 bits per heavy atom. The molecule has 0 aliphatic carbocycles. The molecule has 114 valence electrons. The number of hydrogen-bond acceptors (Lipinski definition) is 2. The van der Waals surface area contributed by atoms with E-state index in [0.29, 0.717) is 12.1 Å². The third-order valence-corrected chi connectivity index (χ3v) is 4.21. The number of benzene rings is 1. The third-order valence-electron chi connectivity index (χ3n) is 4.21. The number of nitrogens with one attached hydrogen (secondary N) is 1. The monoisotopic (exact) mass is 276 g/mol. The summed E-state index contributed by atoms with van der Waals surface area (Å²) in [6.07, 6.45) is 1.16. The predicted molar refractivity (Wildman–Crippen MR) is 89.3 cm³/mol. The maximum Gasteiger partial charge on any atom is 0.0107 e. The summed E-state index contributed by atoms with van der Waals surface area (Å²) in [5, 5.41) is 3.65. The molecule has 20 heavy (non-hydrogen) atoms. The first-order valence-corrected chi connectivity index (χ1v) is 7.82. The van der Waals surface area contributed by atoms with Crippen LogP contribution in [0.1, 0.15) is 46.6 Å². The van der Waals surface area contributed by atoms with E-state index in [1.54, 1.807) is 0 Å². The Morgan fingerprint density at radius 3 is 2.25 bits per heavy atom. The molecule has 0 heterocycles. The molecule has 2 nitrogen and oxygen atoms in total. The van der Waals surface area contributed by atoms with Gasteiger partial charge in [0.25, 0.3) is 0 Å². The summed E-state index contributed by atoms with van der Waals surface area (Å²) >= 11 is 0. The van der Waals surface area contributed by atoms with Crippen LogP contribution in [0.2, 0.25) is 0 Å². The van der Waals surface area contributed by atoms with Gasteiger partial charge in [-0.25, -0.2) is 0 Å². The number of rotatable bonds is 8. The first-order chi connectivity index (χ1) is 9.33. The molecule has 1 aromatic rings. The number of likely N-dealkylation sites (N-methyl/N-ethyl adjacent to an activating group) is 1. The van der Waals surface area contributed by atoms with Gasteiger partial charge in [0.2, 0.25) is 0 Å². The molecule has 1 rings (SSSR count). The highest BCUT2D eigenvalue weighted by atomic mass is 15.1. The van der Waals surface area contributed by atoms with Crippen LogP contribution in [-0.4, -0.2) is 37.1 Å². The Hall–Kier alpha value is -0.860. The zero-order valence-electron chi connectivity index (χ0n) is 14.1. The summed E-state index contributed by atoms with van der Waals surface area (Å²) in [5.74, 6) is 0. The van der Waals surface area contributed by atoms with Gasteiger partial charge >= 0.3 is 0 Å². The zero-order chi connectivity index (χ0) is 15.2. The van der Waals surface area contributed by atoms with Crippen LogP contribution >= 0.6 is 0 Å². The second-order valence-electron chi connectivity index (χ2n) is 6.88. The van der Waals surface area contributed by atoms with Crippen LogP contribution in [0.25, 0.3) is 0 Å². The van der Waals surface area contributed by atoms with Crippen LogP contribution < -0.4 is 5.32 Å². The molecule has 0 bridgehead atoms.